The lowest BCUT2D eigenvalue weighted by atomic mass is 10.1. The van der Waals surface area contributed by atoms with Gasteiger partial charge in [-0.25, -0.2) is 0 Å². The molecule has 0 atom stereocenters. The second-order valence-corrected chi connectivity index (χ2v) is 3.62. The van der Waals surface area contributed by atoms with Gasteiger partial charge in [0.2, 0.25) is 0 Å². The van der Waals surface area contributed by atoms with Crippen molar-refractivity contribution in [1.29, 1.82) is 0 Å². The molecule has 0 spiro atoms. The van der Waals surface area contributed by atoms with Gasteiger partial charge in [-0.2, -0.15) is 0 Å². The third kappa shape index (κ3) is 4.72. The molecule has 0 radical (unpaired) electrons. The fourth-order valence-corrected chi connectivity index (χ4v) is 1.28. The van der Waals surface area contributed by atoms with Crippen LogP contribution in [0.3, 0.4) is 0 Å². The van der Waals surface area contributed by atoms with Gasteiger partial charge >= 0.3 is 0 Å². The van der Waals surface area contributed by atoms with E-state index in [2.05, 4.69) is 6.92 Å². The Balaban J connectivity index is 2.51. The minimum atomic E-state index is -0.0830. The summed E-state index contributed by atoms with van der Waals surface area (Å²) < 4.78 is 10.2. The van der Waals surface area contributed by atoms with Crippen molar-refractivity contribution in [3.63, 3.8) is 0 Å². The molecular weight excluding hydrogens is 216 g/mol. The van der Waals surface area contributed by atoms with Crippen molar-refractivity contribution in [3.05, 3.63) is 42.2 Å². The Morgan fingerprint density at radius 3 is 2.94 bits per heavy atom. The monoisotopic (exact) mass is 234 g/mol. The molecule has 92 valence electrons. The number of unbranched alkanes of at least 4 members (excludes halogenated alkanes) is 1. The highest BCUT2D eigenvalue weighted by Gasteiger charge is 2.02. The Labute approximate surface area is 102 Å². The summed E-state index contributed by atoms with van der Waals surface area (Å²) in [6.07, 6.45) is 4.97. The van der Waals surface area contributed by atoms with E-state index < -0.39 is 0 Å². The standard InChI is InChI=1S/C14H18O3/c1-3-4-9-17-10-8-14(15)12-6-5-7-13(11-12)16-2/h5-8,10-11H,3-4,9H2,1-2H3/b10-8+. The summed E-state index contributed by atoms with van der Waals surface area (Å²) >= 11 is 0. The number of allylic oxidation sites excluding steroid dienone is 1. The van der Waals surface area contributed by atoms with Crippen LogP contribution >= 0.6 is 0 Å². The largest absolute Gasteiger partial charge is 0.501 e. The lowest BCUT2D eigenvalue weighted by Gasteiger charge is -2.01. The van der Waals surface area contributed by atoms with Gasteiger partial charge in [0.15, 0.2) is 5.78 Å². The van der Waals surface area contributed by atoms with Gasteiger partial charge in [-0.15, -0.1) is 0 Å². The number of carbonyl (C=O) groups excluding carboxylic acids is 1. The van der Waals surface area contributed by atoms with Crippen molar-refractivity contribution in [2.45, 2.75) is 19.8 Å². The zero-order valence-electron chi connectivity index (χ0n) is 10.3. The predicted molar refractivity (Wildman–Crippen MR) is 67.3 cm³/mol. The molecular formula is C14H18O3. The molecule has 0 unspecified atom stereocenters. The van der Waals surface area contributed by atoms with Crippen LogP contribution in [-0.2, 0) is 4.74 Å². The molecule has 1 aromatic rings. The number of rotatable bonds is 7. The van der Waals surface area contributed by atoms with E-state index in [0.717, 1.165) is 12.8 Å². The number of benzene rings is 1. The van der Waals surface area contributed by atoms with Crippen molar-refractivity contribution < 1.29 is 14.3 Å². The maximum absolute atomic E-state index is 11.7. The van der Waals surface area contributed by atoms with Crippen molar-refractivity contribution in [3.8, 4) is 5.75 Å². The number of ketones is 1. The van der Waals surface area contributed by atoms with Crippen LogP contribution in [0.15, 0.2) is 36.6 Å². The van der Waals surface area contributed by atoms with Gasteiger partial charge in [0.1, 0.15) is 5.75 Å². The van der Waals surface area contributed by atoms with E-state index in [1.54, 1.807) is 31.4 Å². The molecule has 0 aliphatic carbocycles. The van der Waals surface area contributed by atoms with Crippen LogP contribution in [-0.4, -0.2) is 19.5 Å². The Bertz CT molecular complexity index is 383. The molecule has 0 aromatic heterocycles. The van der Waals surface area contributed by atoms with Gasteiger partial charge in [-0.1, -0.05) is 25.5 Å². The SMILES string of the molecule is CCCCO/C=C/C(=O)c1cccc(OC)c1. The van der Waals surface area contributed by atoms with Gasteiger partial charge in [0.05, 0.1) is 20.0 Å². The van der Waals surface area contributed by atoms with Crippen molar-refractivity contribution in [1.82, 2.24) is 0 Å². The summed E-state index contributed by atoms with van der Waals surface area (Å²) in [6, 6.07) is 7.05. The average molecular weight is 234 g/mol. The number of hydrogen-bond acceptors (Lipinski definition) is 3. The Kier molecular flexibility index (Phi) is 5.86. The first kappa shape index (κ1) is 13.3. The van der Waals surface area contributed by atoms with Crippen molar-refractivity contribution in [2.24, 2.45) is 0 Å². The van der Waals surface area contributed by atoms with E-state index in [0.29, 0.717) is 17.9 Å². The zero-order valence-corrected chi connectivity index (χ0v) is 10.3. The van der Waals surface area contributed by atoms with Crippen LogP contribution in [0.4, 0.5) is 0 Å². The van der Waals surface area contributed by atoms with Crippen molar-refractivity contribution in [2.75, 3.05) is 13.7 Å². The molecule has 0 aliphatic rings. The quantitative estimate of drug-likeness (QED) is 0.314. The first-order valence-corrected chi connectivity index (χ1v) is 5.74. The molecule has 17 heavy (non-hydrogen) atoms. The summed E-state index contributed by atoms with van der Waals surface area (Å²) in [5.41, 5.74) is 0.597. The summed E-state index contributed by atoms with van der Waals surface area (Å²) in [5.74, 6) is 0.594. The minimum Gasteiger partial charge on any atom is -0.501 e. The number of hydrogen-bond donors (Lipinski definition) is 0. The first-order chi connectivity index (χ1) is 8.27. The molecule has 1 rings (SSSR count). The van der Waals surface area contributed by atoms with Gasteiger partial charge in [0.25, 0.3) is 0 Å². The molecule has 0 aliphatic heterocycles. The Morgan fingerprint density at radius 1 is 1.41 bits per heavy atom. The van der Waals surface area contributed by atoms with Crippen LogP contribution in [0.25, 0.3) is 0 Å². The summed E-state index contributed by atoms with van der Waals surface area (Å²) in [6.45, 7) is 2.74. The van der Waals surface area contributed by atoms with E-state index in [9.17, 15) is 4.79 Å². The van der Waals surface area contributed by atoms with Crippen LogP contribution in [0.5, 0.6) is 5.75 Å². The second kappa shape index (κ2) is 7.49. The third-order valence-electron chi connectivity index (χ3n) is 2.29. The predicted octanol–water partition coefficient (Wildman–Crippen LogP) is 3.21. The minimum absolute atomic E-state index is 0.0830. The average Bonchev–Trinajstić information content (AvgIpc) is 2.38. The maximum atomic E-state index is 11.7. The van der Waals surface area contributed by atoms with Crippen LogP contribution < -0.4 is 4.74 Å². The molecule has 0 fully saturated rings. The summed E-state index contributed by atoms with van der Waals surface area (Å²) in [4.78, 5) is 11.7. The van der Waals surface area contributed by atoms with E-state index in [-0.39, 0.29) is 5.78 Å². The Hall–Kier alpha value is -1.77. The summed E-state index contributed by atoms with van der Waals surface area (Å²) in [5, 5.41) is 0. The van der Waals surface area contributed by atoms with Gasteiger partial charge in [-0.05, 0) is 18.6 Å². The molecule has 0 N–H and O–H groups in total. The highest BCUT2D eigenvalue weighted by Crippen LogP contribution is 2.13. The smallest absolute Gasteiger partial charge is 0.189 e. The molecule has 0 heterocycles. The molecule has 1 aromatic carbocycles. The van der Waals surface area contributed by atoms with Crippen LogP contribution in [0, 0.1) is 0 Å². The zero-order chi connectivity index (χ0) is 12.5. The highest BCUT2D eigenvalue weighted by molar-refractivity contribution is 6.04. The Morgan fingerprint density at radius 2 is 2.24 bits per heavy atom. The van der Waals surface area contributed by atoms with Gasteiger partial charge in [0, 0.05) is 11.6 Å². The summed E-state index contributed by atoms with van der Waals surface area (Å²) in [7, 11) is 1.58. The van der Waals surface area contributed by atoms with E-state index >= 15 is 0 Å². The lowest BCUT2D eigenvalue weighted by molar-refractivity contribution is 0.104. The van der Waals surface area contributed by atoms with Gasteiger partial charge < -0.3 is 9.47 Å². The van der Waals surface area contributed by atoms with E-state index in [4.69, 9.17) is 9.47 Å². The topological polar surface area (TPSA) is 35.5 Å². The number of methoxy groups -OCH3 is 1. The van der Waals surface area contributed by atoms with Crippen LogP contribution in [0.2, 0.25) is 0 Å². The first-order valence-electron chi connectivity index (χ1n) is 5.74. The molecule has 0 amide bonds. The van der Waals surface area contributed by atoms with E-state index in [1.165, 1.54) is 12.3 Å². The normalized spacial score (nSPS) is 10.5. The second-order valence-electron chi connectivity index (χ2n) is 3.62. The van der Waals surface area contributed by atoms with Crippen LogP contribution in [0.1, 0.15) is 30.1 Å². The fraction of sp³-hybridized carbons (Fsp3) is 0.357. The van der Waals surface area contributed by atoms with Gasteiger partial charge in [-0.3, -0.25) is 4.79 Å². The maximum Gasteiger partial charge on any atom is 0.189 e. The third-order valence-corrected chi connectivity index (χ3v) is 2.29. The van der Waals surface area contributed by atoms with Crippen molar-refractivity contribution >= 4 is 5.78 Å². The highest BCUT2D eigenvalue weighted by atomic mass is 16.5. The molecule has 0 saturated heterocycles. The number of ether oxygens (including phenoxy) is 2. The molecule has 0 saturated carbocycles. The van der Waals surface area contributed by atoms with E-state index in [1.807, 2.05) is 0 Å². The molecule has 3 heteroatoms. The lowest BCUT2D eigenvalue weighted by Crippen LogP contribution is -1.96. The molecule has 0 bridgehead atoms. The molecule has 3 nitrogen and oxygen atoms in total. The number of carbonyl (C=O) groups is 1. The fourth-order valence-electron chi connectivity index (χ4n) is 1.28.